The smallest absolute Gasteiger partial charge is 0.246 e. The average molecular weight is 355 g/mol. The number of halogens is 1. The Morgan fingerprint density at radius 2 is 1.68 bits per heavy atom. The molecule has 0 bridgehead atoms. The Bertz CT molecular complexity index is 775. The van der Waals surface area contributed by atoms with Crippen LogP contribution in [0.1, 0.15) is 16.7 Å². The summed E-state index contributed by atoms with van der Waals surface area (Å²) in [5, 5.41) is 0.700. The van der Waals surface area contributed by atoms with Gasteiger partial charge in [0.2, 0.25) is 5.91 Å². The Morgan fingerprint density at radius 1 is 1.00 bits per heavy atom. The summed E-state index contributed by atoms with van der Waals surface area (Å²) in [5.74, 6) is 0.0653. The van der Waals surface area contributed by atoms with Crippen LogP contribution in [0.4, 0.5) is 5.69 Å². The van der Waals surface area contributed by atoms with Gasteiger partial charge in [-0.05, 0) is 54.8 Å². The molecular weight excluding hydrogens is 332 g/mol. The molecule has 1 aliphatic rings. The fourth-order valence-corrected chi connectivity index (χ4v) is 3.22. The number of carbonyl (C=O) groups is 1. The second kappa shape index (κ2) is 7.75. The van der Waals surface area contributed by atoms with Gasteiger partial charge >= 0.3 is 0 Å². The first-order chi connectivity index (χ1) is 12.0. The van der Waals surface area contributed by atoms with Crippen LogP contribution in [0, 0.1) is 13.8 Å². The molecule has 0 spiro atoms. The van der Waals surface area contributed by atoms with Crippen molar-refractivity contribution in [2.45, 2.75) is 13.8 Å². The first-order valence-corrected chi connectivity index (χ1v) is 8.96. The van der Waals surface area contributed by atoms with E-state index < -0.39 is 0 Å². The van der Waals surface area contributed by atoms with Crippen molar-refractivity contribution in [1.82, 2.24) is 4.90 Å². The van der Waals surface area contributed by atoms with E-state index in [0.717, 1.165) is 31.7 Å². The third kappa shape index (κ3) is 4.23. The molecule has 3 nitrogen and oxygen atoms in total. The van der Waals surface area contributed by atoms with E-state index in [1.165, 1.54) is 16.8 Å². The molecule has 3 rings (SSSR count). The van der Waals surface area contributed by atoms with Crippen LogP contribution < -0.4 is 4.90 Å². The van der Waals surface area contributed by atoms with E-state index in [-0.39, 0.29) is 5.91 Å². The SMILES string of the molecule is Cc1cccc(N2CCN(C(=O)/C=C/c3ccc(Cl)cc3)CC2)c1C. The number of rotatable bonds is 3. The Labute approximate surface area is 154 Å². The number of nitrogens with zero attached hydrogens (tertiary/aromatic N) is 2. The minimum atomic E-state index is 0.0653. The molecule has 0 aromatic heterocycles. The van der Waals surface area contributed by atoms with E-state index in [1.54, 1.807) is 6.08 Å². The number of carbonyl (C=O) groups excluding carboxylic acids is 1. The van der Waals surface area contributed by atoms with E-state index in [2.05, 4.69) is 36.9 Å². The van der Waals surface area contributed by atoms with Crippen LogP contribution in [0.25, 0.3) is 6.08 Å². The summed E-state index contributed by atoms with van der Waals surface area (Å²) < 4.78 is 0. The molecule has 1 aliphatic heterocycles. The minimum absolute atomic E-state index is 0.0653. The Morgan fingerprint density at radius 3 is 2.36 bits per heavy atom. The highest BCUT2D eigenvalue weighted by Crippen LogP contribution is 2.24. The molecule has 0 unspecified atom stereocenters. The van der Waals surface area contributed by atoms with Crippen molar-refractivity contribution in [3.8, 4) is 0 Å². The topological polar surface area (TPSA) is 23.6 Å². The number of anilines is 1. The third-order valence-electron chi connectivity index (χ3n) is 4.80. The zero-order valence-corrected chi connectivity index (χ0v) is 15.5. The maximum absolute atomic E-state index is 12.4. The summed E-state index contributed by atoms with van der Waals surface area (Å²) >= 11 is 5.88. The van der Waals surface area contributed by atoms with Gasteiger partial charge in [-0.1, -0.05) is 35.9 Å². The number of hydrogen-bond acceptors (Lipinski definition) is 2. The average Bonchev–Trinajstić information content (AvgIpc) is 2.63. The van der Waals surface area contributed by atoms with Gasteiger partial charge < -0.3 is 9.80 Å². The van der Waals surface area contributed by atoms with Crippen molar-refractivity contribution in [2.75, 3.05) is 31.1 Å². The lowest BCUT2D eigenvalue weighted by molar-refractivity contribution is -0.126. The fourth-order valence-electron chi connectivity index (χ4n) is 3.09. The molecule has 2 aromatic rings. The van der Waals surface area contributed by atoms with Crippen molar-refractivity contribution in [3.05, 3.63) is 70.3 Å². The maximum Gasteiger partial charge on any atom is 0.246 e. The van der Waals surface area contributed by atoms with Crippen LogP contribution in [-0.2, 0) is 4.79 Å². The molecule has 0 atom stereocenters. The summed E-state index contributed by atoms with van der Waals surface area (Å²) in [6.07, 6.45) is 3.49. The highest BCUT2D eigenvalue weighted by atomic mass is 35.5. The van der Waals surface area contributed by atoms with Gasteiger partial charge in [0.15, 0.2) is 0 Å². The van der Waals surface area contributed by atoms with Gasteiger partial charge in [0.1, 0.15) is 0 Å². The highest BCUT2D eigenvalue weighted by Gasteiger charge is 2.20. The van der Waals surface area contributed by atoms with Crippen LogP contribution in [0.2, 0.25) is 5.02 Å². The summed E-state index contributed by atoms with van der Waals surface area (Å²) in [7, 11) is 0. The van der Waals surface area contributed by atoms with Crippen LogP contribution in [0.15, 0.2) is 48.5 Å². The van der Waals surface area contributed by atoms with Gasteiger partial charge in [-0.15, -0.1) is 0 Å². The number of benzene rings is 2. The highest BCUT2D eigenvalue weighted by molar-refractivity contribution is 6.30. The van der Waals surface area contributed by atoms with Gasteiger partial charge in [-0.2, -0.15) is 0 Å². The molecule has 1 heterocycles. The van der Waals surface area contributed by atoms with Crippen LogP contribution in [-0.4, -0.2) is 37.0 Å². The van der Waals surface area contributed by atoms with Gasteiger partial charge in [-0.3, -0.25) is 4.79 Å². The molecule has 1 amide bonds. The summed E-state index contributed by atoms with van der Waals surface area (Å²) in [5.41, 5.74) is 4.89. The fraction of sp³-hybridized carbons (Fsp3) is 0.286. The van der Waals surface area contributed by atoms with Gasteiger partial charge in [0.25, 0.3) is 0 Å². The third-order valence-corrected chi connectivity index (χ3v) is 5.05. The molecule has 1 fully saturated rings. The molecule has 0 aliphatic carbocycles. The van der Waals surface area contributed by atoms with Crippen LogP contribution in [0.5, 0.6) is 0 Å². The maximum atomic E-state index is 12.4. The molecule has 0 radical (unpaired) electrons. The zero-order valence-electron chi connectivity index (χ0n) is 14.7. The zero-order chi connectivity index (χ0) is 17.8. The van der Waals surface area contributed by atoms with Crippen LogP contribution >= 0.6 is 11.6 Å². The second-order valence-corrected chi connectivity index (χ2v) is 6.85. The quantitative estimate of drug-likeness (QED) is 0.766. The standard InChI is InChI=1S/C21H23ClN2O/c1-16-4-3-5-20(17(16)2)23-12-14-24(15-13-23)21(25)11-8-18-6-9-19(22)10-7-18/h3-11H,12-15H2,1-2H3/b11-8+. The lowest BCUT2D eigenvalue weighted by Crippen LogP contribution is -2.48. The first-order valence-electron chi connectivity index (χ1n) is 8.58. The molecule has 25 heavy (non-hydrogen) atoms. The molecule has 4 heteroatoms. The molecule has 0 saturated carbocycles. The molecule has 0 N–H and O–H groups in total. The Hall–Kier alpha value is -2.26. The second-order valence-electron chi connectivity index (χ2n) is 6.42. The summed E-state index contributed by atoms with van der Waals surface area (Å²) in [6, 6.07) is 13.9. The number of amides is 1. The molecular formula is C21H23ClN2O. The van der Waals surface area contributed by atoms with Crippen molar-refractivity contribution < 1.29 is 4.79 Å². The lowest BCUT2D eigenvalue weighted by atomic mass is 10.1. The number of aryl methyl sites for hydroxylation is 1. The Balaban J connectivity index is 1.59. The van der Waals surface area contributed by atoms with E-state index >= 15 is 0 Å². The van der Waals surface area contributed by atoms with Crippen molar-refractivity contribution in [1.29, 1.82) is 0 Å². The summed E-state index contributed by atoms with van der Waals surface area (Å²) in [4.78, 5) is 16.7. The van der Waals surface area contributed by atoms with E-state index in [1.807, 2.05) is 35.2 Å². The van der Waals surface area contributed by atoms with Crippen molar-refractivity contribution >= 4 is 29.3 Å². The minimum Gasteiger partial charge on any atom is -0.368 e. The predicted octanol–water partition coefficient (Wildman–Crippen LogP) is 4.32. The summed E-state index contributed by atoms with van der Waals surface area (Å²) in [6.45, 7) is 7.53. The van der Waals surface area contributed by atoms with Gasteiger partial charge in [0, 0.05) is 43.0 Å². The number of piperazine rings is 1. The molecule has 130 valence electrons. The van der Waals surface area contributed by atoms with Crippen molar-refractivity contribution in [2.24, 2.45) is 0 Å². The largest absolute Gasteiger partial charge is 0.368 e. The van der Waals surface area contributed by atoms with Crippen LogP contribution in [0.3, 0.4) is 0 Å². The lowest BCUT2D eigenvalue weighted by Gasteiger charge is -2.36. The van der Waals surface area contributed by atoms with Gasteiger partial charge in [0.05, 0.1) is 0 Å². The first kappa shape index (κ1) is 17.6. The van der Waals surface area contributed by atoms with E-state index in [9.17, 15) is 4.79 Å². The molecule has 2 aromatic carbocycles. The predicted molar refractivity (Wildman–Crippen MR) is 105 cm³/mol. The van der Waals surface area contributed by atoms with Gasteiger partial charge in [-0.25, -0.2) is 0 Å². The molecule has 1 saturated heterocycles. The van der Waals surface area contributed by atoms with Crippen molar-refractivity contribution in [3.63, 3.8) is 0 Å². The normalized spacial score (nSPS) is 15.0. The van der Waals surface area contributed by atoms with E-state index in [4.69, 9.17) is 11.6 Å². The van der Waals surface area contributed by atoms with E-state index in [0.29, 0.717) is 5.02 Å². The number of hydrogen-bond donors (Lipinski definition) is 0. The monoisotopic (exact) mass is 354 g/mol. The Kier molecular flexibility index (Phi) is 5.44.